The van der Waals surface area contributed by atoms with Crippen molar-refractivity contribution in [2.45, 2.75) is 382 Å². The van der Waals surface area contributed by atoms with Crippen LogP contribution >= 0.6 is 15.6 Å². The van der Waals surface area contributed by atoms with Gasteiger partial charge in [-0.25, -0.2) is 9.13 Å². The van der Waals surface area contributed by atoms with Crippen LogP contribution in [-0.2, 0) is 65.4 Å². The minimum Gasteiger partial charge on any atom is -0.462 e. The number of aliphatic hydroxyl groups excluding tert-OH is 1. The van der Waals surface area contributed by atoms with E-state index in [4.69, 9.17) is 37.0 Å². The Labute approximate surface area is 562 Å². The summed E-state index contributed by atoms with van der Waals surface area (Å²) in [5.41, 5.74) is 0. The van der Waals surface area contributed by atoms with Crippen molar-refractivity contribution in [1.29, 1.82) is 0 Å². The van der Waals surface area contributed by atoms with Gasteiger partial charge in [-0.05, 0) is 49.4 Å². The van der Waals surface area contributed by atoms with E-state index in [9.17, 15) is 43.2 Å². The summed E-state index contributed by atoms with van der Waals surface area (Å²) in [6.45, 7) is 14.1. The van der Waals surface area contributed by atoms with E-state index in [0.717, 1.165) is 120 Å². The number of hydrogen-bond donors (Lipinski definition) is 3. The van der Waals surface area contributed by atoms with E-state index < -0.39 is 97.5 Å². The van der Waals surface area contributed by atoms with Crippen molar-refractivity contribution in [1.82, 2.24) is 0 Å². The van der Waals surface area contributed by atoms with Crippen LogP contribution in [0, 0.1) is 23.7 Å². The van der Waals surface area contributed by atoms with Crippen molar-refractivity contribution in [2.24, 2.45) is 23.7 Å². The summed E-state index contributed by atoms with van der Waals surface area (Å²) < 4.78 is 68.4. The van der Waals surface area contributed by atoms with Crippen molar-refractivity contribution in [3.05, 3.63) is 0 Å². The highest BCUT2D eigenvalue weighted by atomic mass is 31.2. The lowest BCUT2D eigenvalue weighted by Crippen LogP contribution is -2.30. The second-order valence-electron chi connectivity index (χ2n) is 27.8. The van der Waals surface area contributed by atoms with Gasteiger partial charge in [0.15, 0.2) is 12.2 Å². The van der Waals surface area contributed by atoms with E-state index in [2.05, 4.69) is 55.4 Å². The highest BCUT2D eigenvalue weighted by Crippen LogP contribution is 2.45. The standard InChI is InChI=1S/C73H142O17P2/c1-9-65(7)51-43-35-27-23-24-30-40-48-56-73(78)90-69(60-84-71(76)54-46-38-32-31-36-44-52-66(8)10-2)62-88-92(81,82)86-58-67(74)57-85-91(79,80)87-61-68(59-83-70(75)53-45-37-28-22-18-20-26-34-42-50-64(5)6)89-72(77)55-47-39-29-21-17-15-13-11-12-14-16-19-25-33-41-49-63(3)4/h63-69,74H,9-62H2,1-8H3,(H,79,80)(H,81,82)/t65?,66?,67-,68-,69-/m1/s1. The summed E-state index contributed by atoms with van der Waals surface area (Å²) >= 11 is 0. The molecule has 0 amide bonds. The first-order valence-electron chi connectivity index (χ1n) is 37.8. The molecule has 0 fully saturated rings. The SMILES string of the molecule is CCC(C)CCCCCCCCCCC(=O)O[C@H](COC(=O)CCCCCCCCC(C)CC)COP(=O)(O)OC[C@H](O)COP(=O)(O)OC[C@@H](COC(=O)CCCCCCCCCCCC(C)C)OC(=O)CCCCCCCCCCCCCCCCCC(C)C. The van der Waals surface area contributed by atoms with E-state index in [1.807, 2.05) is 0 Å². The Balaban J connectivity index is 5.25. The summed E-state index contributed by atoms with van der Waals surface area (Å²) in [6, 6.07) is 0. The molecule has 7 atom stereocenters. The molecule has 0 rings (SSSR count). The highest BCUT2D eigenvalue weighted by molar-refractivity contribution is 7.47. The van der Waals surface area contributed by atoms with Gasteiger partial charge < -0.3 is 33.8 Å². The molecule has 0 aromatic rings. The largest absolute Gasteiger partial charge is 0.472 e. The molecule has 0 aliphatic carbocycles. The lowest BCUT2D eigenvalue weighted by Gasteiger charge is -2.21. The van der Waals surface area contributed by atoms with Gasteiger partial charge >= 0.3 is 39.5 Å². The summed E-state index contributed by atoms with van der Waals surface area (Å²) in [4.78, 5) is 72.7. The molecule has 3 N–H and O–H groups in total. The molecule has 17 nitrogen and oxygen atoms in total. The molecule has 0 aromatic carbocycles. The van der Waals surface area contributed by atoms with Gasteiger partial charge in [0.1, 0.15) is 19.3 Å². The van der Waals surface area contributed by atoms with Crippen LogP contribution in [0.25, 0.3) is 0 Å². The number of rotatable bonds is 70. The topological polar surface area (TPSA) is 237 Å². The molecular formula is C73H142O17P2. The van der Waals surface area contributed by atoms with Crippen LogP contribution in [0.1, 0.15) is 364 Å². The zero-order valence-corrected chi connectivity index (χ0v) is 62.0. The summed E-state index contributed by atoms with van der Waals surface area (Å²) in [5.74, 6) is 0.919. The van der Waals surface area contributed by atoms with Crippen LogP contribution < -0.4 is 0 Å². The number of phosphoric acid groups is 2. The molecule has 4 unspecified atom stereocenters. The molecule has 546 valence electrons. The van der Waals surface area contributed by atoms with Gasteiger partial charge in [-0.2, -0.15) is 0 Å². The Morgan fingerprint density at radius 1 is 0.304 bits per heavy atom. The number of unbranched alkanes of at least 4 members (excludes halogenated alkanes) is 34. The van der Waals surface area contributed by atoms with Crippen LogP contribution in [0.15, 0.2) is 0 Å². The van der Waals surface area contributed by atoms with Crippen LogP contribution in [0.5, 0.6) is 0 Å². The average Bonchev–Trinajstić information content (AvgIpc) is 3.73. The fourth-order valence-corrected chi connectivity index (χ4v) is 12.5. The van der Waals surface area contributed by atoms with E-state index in [1.165, 1.54) is 161 Å². The van der Waals surface area contributed by atoms with E-state index in [1.54, 1.807) is 0 Å². The minimum absolute atomic E-state index is 0.104. The van der Waals surface area contributed by atoms with Crippen molar-refractivity contribution in [2.75, 3.05) is 39.6 Å². The molecule has 0 bridgehead atoms. The molecule has 92 heavy (non-hydrogen) atoms. The first kappa shape index (κ1) is 90.1. The molecule has 0 saturated heterocycles. The van der Waals surface area contributed by atoms with Crippen LogP contribution in [0.2, 0.25) is 0 Å². The number of carbonyl (C=O) groups is 4. The zero-order valence-electron chi connectivity index (χ0n) is 60.2. The molecule has 19 heteroatoms. The van der Waals surface area contributed by atoms with Crippen molar-refractivity contribution >= 4 is 39.5 Å². The van der Waals surface area contributed by atoms with Crippen LogP contribution in [0.4, 0.5) is 0 Å². The molecule has 0 heterocycles. The monoisotopic (exact) mass is 1350 g/mol. The third-order valence-electron chi connectivity index (χ3n) is 17.5. The van der Waals surface area contributed by atoms with Gasteiger partial charge in [-0.1, -0.05) is 312 Å². The number of hydrogen-bond acceptors (Lipinski definition) is 15. The molecule has 0 aromatic heterocycles. The lowest BCUT2D eigenvalue weighted by atomic mass is 9.99. The molecule has 0 spiro atoms. The Hall–Kier alpha value is -1.94. The molecule has 0 saturated carbocycles. The zero-order chi connectivity index (χ0) is 68.2. The van der Waals surface area contributed by atoms with E-state index in [-0.39, 0.29) is 25.7 Å². The van der Waals surface area contributed by atoms with Gasteiger partial charge in [0, 0.05) is 25.7 Å². The quantitative estimate of drug-likeness (QED) is 0.0222. The minimum atomic E-state index is -4.96. The number of phosphoric ester groups is 2. The summed E-state index contributed by atoms with van der Waals surface area (Å²) in [6.07, 6.45) is 45.8. The molecule has 0 aliphatic heterocycles. The lowest BCUT2D eigenvalue weighted by molar-refractivity contribution is -0.161. The Morgan fingerprint density at radius 2 is 0.522 bits per heavy atom. The van der Waals surface area contributed by atoms with Crippen molar-refractivity contribution in [3.8, 4) is 0 Å². The predicted molar refractivity (Wildman–Crippen MR) is 372 cm³/mol. The first-order valence-corrected chi connectivity index (χ1v) is 40.8. The average molecular weight is 1350 g/mol. The number of ether oxygens (including phenoxy) is 4. The van der Waals surface area contributed by atoms with Gasteiger partial charge in [-0.3, -0.25) is 37.3 Å². The van der Waals surface area contributed by atoms with Crippen molar-refractivity contribution in [3.63, 3.8) is 0 Å². The Morgan fingerprint density at radius 3 is 0.772 bits per heavy atom. The van der Waals surface area contributed by atoms with Crippen LogP contribution in [-0.4, -0.2) is 96.7 Å². The smallest absolute Gasteiger partial charge is 0.462 e. The molecular weight excluding hydrogens is 1210 g/mol. The molecule has 0 radical (unpaired) electrons. The Kier molecular flexibility index (Phi) is 61.3. The number of carbonyl (C=O) groups excluding carboxylic acids is 4. The fourth-order valence-electron chi connectivity index (χ4n) is 11.0. The maximum Gasteiger partial charge on any atom is 0.472 e. The second-order valence-corrected chi connectivity index (χ2v) is 30.7. The van der Waals surface area contributed by atoms with Crippen molar-refractivity contribution < 1.29 is 80.2 Å². The van der Waals surface area contributed by atoms with Gasteiger partial charge in [-0.15, -0.1) is 0 Å². The van der Waals surface area contributed by atoms with Gasteiger partial charge in [0.2, 0.25) is 0 Å². The molecule has 0 aliphatic rings. The summed E-state index contributed by atoms with van der Waals surface area (Å²) in [7, 11) is -9.91. The Bertz CT molecular complexity index is 1820. The number of aliphatic hydroxyl groups is 1. The second kappa shape index (κ2) is 62.6. The van der Waals surface area contributed by atoms with E-state index in [0.29, 0.717) is 25.7 Å². The third kappa shape index (κ3) is 64.1. The maximum absolute atomic E-state index is 13.1. The third-order valence-corrected chi connectivity index (χ3v) is 19.4. The van der Waals surface area contributed by atoms with E-state index >= 15 is 0 Å². The normalized spacial score (nSPS) is 14.8. The maximum atomic E-state index is 13.1. The summed E-state index contributed by atoms with van der Waals surface area (Å²) in [5, 5.41) is 10.6. The van der Waals surface area contributed by atoms with Gasteiger partial charge in [0.05, 0.1) is 26.4 Å². The highest BCUT2D eigenvalue weighted by Gasteiger charge is 2.30. The first-order chi connectivity index (χ1) is 44.2. The fraction of sp³-hybridized carbons (Fsp3) is 0.945. The van der Waals surface area contributed by atoms with Gasteiger partial charge in [0.25, 0.3) is 0 Å². The van der Waals surface area contributed by atoms with Crippen LogP contribution in [0.3, 0.4) is 0 Å². The predicted octanol–water partition coefficient (Wildman–Crippen LogP) is 20.9. The number of esters is 4.